The number of esters is 1. The highest BCUT2D eigenvalue weighted by atomic mass is 32.2. The zero-order chi connectivity index (χ0) is 16.8. The van der Waals surface area contributed by atoms with E-state index in [1.54, 1.807) is 12.1 Å². The first-order valence-electron chi connectivity index (χ1n) is 7.77. The van der Waals surface area contributed by atoms with Crippen molar-refractivity contribution in [3.63, 3.8) is 0 Å². The molecule has 1 fully saturated rings. The third kappa shape index (κ3) is 5.46. The number of carbonyl (C=O) groups excluding carboxylic acids is 2. The highest BCUT2D eigenvalue weighted by molar-refractivity contribution is 8.19. The zero-order valence-corrected chi connectivity index (χ0v) is 15.3. The third-order valence-corrected chi connectivity index (χ3v) is 6.87. The third-order valence-electron chi connectivity index (χ3n) is 3.76. The van der Waals surface area contributed by atoms with E-state index >= 15 is 0 Å². The minimum atomic E-state index is -0.462. The number of benzene rings is 1. The Kier molecular flexibility index (Phi) is 6.84. The summed E-state index contributed by atoms with van der Waals surface area (Å²) in [6.45, 7) is 5.74. The second-order valence-electron chi connectivity index (χ2n) is 5.87. The molecular weight excluding hydrogens is 330 g/mol. The van der Waals surface area contributed by atoms with Crippen molar-refractivity contribution < 1.29 is 14.3 Å². The monoisotopic (exact) mass is 353 g/mol. The second kappa shape index (κ2) is 8.64. The predicted octanol–water partition coefficient (Wildman–Crippen LogP) is 3.48. The molecule has 1 atom stereocenters. The number of thioether (sulfide) groups is 2. The van der Waals surface area contributed by atoms with Crippen LogP contribution in [0, 0.1) is 5.92 Å². The van der Waals surface area contributed by atoms with Gasteiger partial charge in [0.15, 0.2) is 6.61 Å². The molecule has 1 aliphatic heterocycles. The number of rotatable bonds is 6. The average molecular weight is 354 g/mol. The first-order chi connectivity index (χ1) is 11.0. The summed E-state index contributed by atoms with van der Waals surface area (Å²) in [5.74, 6) is 1.95. The lowest BCUT2D eigenvalue weighted by Gasteiger charge is -2.17. The molecule has 0 bridgehead atoms. The van der Waals surface area contributed by atoms with E-state index < -0.39 is 5.97 Å². The maximum Gasteiger partial charge on any atom is 0.338 e. The predicted molar refractivity (Wildman–Crippen MR) is 96.8 cm³/mol. The fraction of sp³-hybridized carbons (Fsp3) is 0.529. The van der Waals surface area contributed by atoms with Gasteiger partial charge in [0, 0.05) is 17.5 Å². The molecule has 0 radical (unpaired) electrons. The quantitative estimate of drug-likeness (QED) is 0.794. The summed E-state index contributed by atoms with van der Waals surface area (Å²) in [5.41, 5.74) is 1.70. The van der Waals surface area contributed by atoms with E-state index in [0.29, 0.717) is 16.1 Å². The molecule has 23 heavy (non-hydrogen) atoms. The average Bonchev–Trinajstić information content (AvgIpc) is 3.07. The largest absolute Gasteiger partial charge is 0.452 e. The molecule has 0 spiro atoms. The molecule has 1 aromatic carbocycles. The van der Waals surface area contributed by atoms with E-state index in [-0.39, 0.29) is 18.6 Å². The summed E-state index contributed by atoms with van der Waals surface area (Å²) in [6, 6.07) is 7.53. The number of carbonyl (C=O) groups is 2. The lowest BCUT2D eigenvalue weighted by Crippen LogP contribution is -2.38. The van der Waals surface area contributed by atoms with Gasteiger partial charge in [-0.05, 0) is 30.5 Å². The molecule has 0 aliphatic carbocycles. The van der Waals surface area contributed by atoms with Gasteiger partial charge in [-0.3, -0.25) is 4.79 Å². The van der Waals surface area contributed by atoms with Crippen molar-refractivity contribution >= 4 is 35.4 Å². The number of nitrogens with one attached hydrogen (secondary N) is 1. The molecule has 0 unspecified atom stereocenters. The summed E-state index contributed by atoms with van der Waals surface area (Å²) >= 11 is 3.85. The highest BCUT2D eigenvalue weighted by Gasteiger charge is 2.19. The van der Waals surface area contributed by atoms with Crippen molar-refractivity contribution in [1.82, 2.24) is 5.32 Å². The lowest BCUT2D eigenvalue weighted by molar-refractivity contribution is -0.125. The number of amides is 1. The molecule has 1 amide bonds. The Hall–Kier alpha value is -1.14. The Morgan fingerprint density at radius 1 is 1.17 bits per heavy atom. The van der Waals surface area contributed by atoms with Crippen LogP contribution >= 0.6 is 23.5 Å². The molecule has 0 aromatic heterocycles. The van der Waals surface area contributed by atoms with Crippen LogP contribution in [0.4, 0.5) is 0 Å². The molecule has 2 rings (SSSR count). The summed E-state index contributed by atoms with van der Waals surface area (Å²) in [7, 11) is 0. The standard InChI is InChI=1S/C17H23NO3S2/c1-11(2)12(3)18-15(19)10-21-16(20)13-4-6-14(7-5-13)17-22-8-9-23-17/h4-7,11-12,17H,8-10H2,1-3H3,(H,18,19)/t12-/m1/s1. The van der Waals surface area contributed by atoms with Gasteiger partial charge in [-0.25, -0.2) is 4.79 Å². The molecule has 1 heterocycles. The first-order valence-corrected chi connectivity index (χ1v) is 9.86. The maximum absolute atomic E-state index is 12.0. The van der Waals surface area contributed by atoms with Crippen molar-refractivity contribution in [3.8, 4) is 0 Å². The van der Waals surface area contributed by atoms with Crippen molar-refractivity contribution in [3.05, 3.63) is 35.4 Å². The van der Waals surface area contributed by atoms with Gasteiger partial charge in [-0.15, -0.1) is 23.5 Å². The van der Waals surface area contributed by atoms with E-state index in [9.17, 15) is 9.59 Å². The Morgan fingerprint density at radius 3 is 2.35 bits per heavy atom. The van der Waals surface area contributed by atoms with E-state index in [4.69, 9.17) is 4.74 Å². The van der Waals surface area contributed by atoms with Crippen LogP contribution in [0.3, 0.4) is 0 Å². The van der Waals surface area contributed by atoms with Gasteiger partial charge in [0.1, 0.15) is 0 Å². The smallest absolute Gasteiger partial charge is 0.338 e. The summed E-state index contributed by atoms with van der Waals surface area (Å²) in [4.78, 5) is 23.7. The lowest BCUT2D eigenvalue weighted by atomic mass is 10.1. The minimum Gasteiger partial charge on any atom is -0.452 e. The fourth-order valence-electron chi connectivity index (χ4n) is 2.00. The van der Waals surface area contributed by atoms with Gasteiger partial charge in [-0.2, -0.15) is 0 Å². The summed E-state index contributed by atoms with van der Waals surface area (Å²) in [5, 5.41) is 2.81. The number of hydrogen-bond acceptors (Lipinski definition) is 5. The number of ether oxygens (including phenoxy) is 1. The molecule has 6 heteroatoms. The Morgan fingerprint density at radius 2 is 1.78 bits per heavy atom. The Labute approximate surface area is 146 Å². The van der Waals surface area contributed by atoms with Crippen LogP contribution in [0.15, 0.2) is 24.3 Å². The fourth-order valence-corrected chi connectivity index (χ4v) is 4.86. The van der Waals surface area contributed by atoms with Crippen LogP contribution in [-0.4, -0.2) is 36.0 Å². The van der Waals surface area contributed by atoms with Gasteiger partial charge >= 0.3 is 5.97 Å². The normalized spacial score (nSPS) is 16.3. The molecule has 1 aromatic rings. The van der Waals surface area contributed by atoms with Gasteiger partial charge in [-0.1, -0.05) is 26.0 Å². The molecule has 1 saturated heterocycles. The van der Waals surface area contributed by atoms with Crippen LogP contribution in [0.5, 0.6) is 0 Å². The molecule has 0 saturated carbocycles. The Balaban J connectivity index is 1.82. The molecule has 1 N–H and O–H groups in total. The van der Waals surface area contributed by atoms with Gasteiger partial charge in [0.05, 0.1) is 10.1 Å². The Bertz CT molecular complexity index is 539. The second-order valence-corrected chi connectivity index (χ2v) is 8.60. The van der Waals surface area contributed by atoms with E-state index in [2.05, 4.69) is 5.32 Å². The molecule has 126 valence electrons. The highest BCUT2D eigenvalue weighted by Crippen LogP contribution is 2.45. The van der Waals surface area contributed by atoms with E-state index in [0.717, 1.165) is 0 Å². The summed E-state index contributed by atoms with van der Waals surface area (Å²) < 4.78 is 5.54. The molecule has 4 nitrogen and oxygen atoms in total. The van der Waals surface area contributed by atoms with Gasteiger partial charge in [0.2, 0.25) is 0 Å². The molecular formula is C17H23NO3S2. The zero-order valence-electron chi connectivity index (χ0n) is 13.7. The van der Waals surface area contributed by atoms with Gasteiger partial charge < -0.3 is 10.1 Å². The number of hydrogen-bond donors (Lipinski definition) is 1. The first kappa shape index (κ1) is 18.2. The van der Waals surface area contributed by atoms with Crippen LogP contribution in [0.2, 0.25) is 0 Å². The van der Waals surface area contributed by atoms with Crippen LogP contribution in [-0.2, 0) is 9.53 Å². The van der Waals surface area contributed by atoms with Crippen molar-refractivity contribution in [2.45, 2.75) is 31.4 Å². The van der Waals surface area contributed by atoms with Crippen molar-refractivity contribution in [1.29, 1.82) is 0 Å². The SMILES string of the molecule is CC(C)[C@@H](C)NC(=O)COC(=O)c1ccc(C2SCCS2)cc1. The minimum absolute atomic E-state index is 0.0573. The molecule has 1 aliphatic rings. The van der Waals surface area contributed by atoms with Crippen LogP contribution in [0.1, 0.15) is 41.3 Å². The van der Waals surface area contributed by atoms with Crippen molar-refractivity contribution in [2.75, 3.05) is 18.1 Å². The summed E-state index contributed by atoms with van der Waals surface area (Å²) in [6.07, 6.45) is 0. The van der Waals surface area contributed by atoms with E-state index in [1.807, 2.05) is 56.4 Å². The van der Waals surface area contributed by atoms with Crippen LogP contribution in [0.25, 0.3) is 0 Å². The van der Waals surface area contributed by atoms with Gasteiger partial charge in [0.25, 0.3) is 5.91 Å². The maximum atomic E-state index is 12.0. The van der Waals surface area contributed by atoms with Crippen molar-refractivity contribution in [2.24, 2.45) is 5.92 Å². The topological polar surface area (TPSA) is 55.4 Å². The van der Waals surface area contributed by atoms with Crippen LogP contribution < -0.4 is 5.32 Å². The van der Waals surface area contributed by atoms with E-state index in [1.165, 1.54) is 17.1 Å².